The Balaban J connectivity index is 2.37. The number of phenols is 1. The molecule has 0 fully saturated rings. The maximum atomic E-state index is 11.1. The van der Waals surface area contributed by atoms with Crippen LogP contribution in [0, 0.1) is 0 Å². The lowest BCUT2D eigenvalue weighted by atomic mass is 10.2. The van der Waals surface area contributed by atoms with E-state index in [1.54, 1.807) is 30.3 Å². The Labute approximate surface area is 132 Å². The van der Waals surface area contributed by atoms with Crippen LogP contribution >= 0.6 is 0 Å². The maximum Gasteiger partial charge on any atom is 0.511 e. The molecule has 0 radical (unpaired) electrons. The molecule has 0 aliphatic heterocycles. The zero-order valence-electron chi connectivity index (χ0n) is 12.4. The van der Waals surface area contributed by atoms with E-state index < -0.39 is 6.16 Å². The number of carboxylic acid groups (broad SMARTS) is 1. The van der Waals surface area contributed by atoms with Gasteiger partial charge in [-0.15, -0.1) is 0 Å². The highest BCUT2D eigenvalue weighted by atomic mass is 16.7. The summed E-state index contributed by atoms with van der Waals surface area (Å²) in [6, 6.07) is 14.1. The van der Waals surface area contributed by atoms with Crippen molar-refractivity contribution in [3.63, 3.8) is 0 Å². The third-order valence-electron chi connectivity index (χ3n) is 3.48. The molecule has 23 heavy (non-hydrogen) atoms. The lowest BCUT2D eigenvalue weighted by molar-refractivity contribution is 0.145. The molecule has 116 valence electrons. The number of carbonyl (C=O) groups is 1. The summed E-state index contributed by atoms with van der Waals surface area (Å²) in [6.45, 7) is 1.85. The van der Waals surface area contributed by atoms with Crippen LogP contribution in [0.5, 0.6) is 11.5 Å². The van der Waals surface area contributed by atoms with E-state index in [1.165, 1.54) is 0 Å². The Hall–Kier alpha value is -3.21. The lowest BCUT2D eigenvalue weighted by Crippen LogP contribution is -2.04. The van der Waals surface area contributed by atoms with Crippen molar-refractivity contribution in [2.75, 3.05) is 0 Å². The molecule has 0 saturated carbocycles. The SMILES string of the molecule is C/C=C\c1c(OC(=O)O)c2ccccc2n1-c1ccc(O)cc1. The van der Waals surface area contributed by atoms with Crippen molar-refractivity contribution in [1.82, 2.24) is 4.57 Å². The van der Waals surface area contributed by atoms with Gasteiger partial charge in [-0.2, -0.15) is 0 Å². The highest BCUT2D eigenvalue weighted by Gasteiger charge is 2.19. The minimum absolute atomic E-state index is 0.166. The first kappa shape index (κ1) is 14.7. The first-order chi connectivity index (χ1) is 11.1. The van der Waals surface area contributed by atoms with Crippen LogP contribution in [-0.4, -0.2) is 20.9 Å². The van der Waals surface area contributed by atoms with Gasteiger partial charge < -0.3 is 19.5 Å². The number of aromatic nitrogens is 1. The number of hydrogen-bond donors (Lipinski definition) is 2. The molecule has 3 rings (SSSR count). The molecule has 2 aromatic carbocycles. The van der Waals surface area contributed by atoms with Gasteiger partial charge in [-0.1, -0.05) is 18.2 Å². The molecule has 0 unspecified atom stereocenters. The molecule has 3 aromatic rings. The van der Waals surface area contributed by atoms with Crippen LogP contribution in [0.25, 0.3) is 22.7 Å². The minimum atomic E-state index is -1.36. The fraction of sp³-hybridized carbons (Fsp3) is 0.0556. The van der Waals surface area contributed by atoms with Gasteiger partial charge in [0.2, 0.25) is 0 Å². The van der Waals surface area contributed by atoms with E-state index in [0.717, 1.165) is 11.2 Å². The summed E-state index contributed by atoms with van der Waals surface area (Å²) in [5, 5.41) is 19.2. The maximum absolute atomic E-state index is 11.1. The average Bonchev–Trinajstić information content (AvgIpc) is 2.82. The summed E-state index contributed by atoms with van der Waals surface area (Å²) in [5.74, 6) is 0.457. The van der Waals surface area contributed by atoms with Gasteiger partial charge in [-0.25, -0.2) is 4.79 Å². The normalized spacial score (nSPS) is 11.2. The molecular formula is C18H15NO4. The molecule has 1 aromatic heterocycles. The summed E-state index contributed by atoms with van der Waals surface area (Å²) in [6.07, 6.45) is 2.26. The Morgan fingerprint density at radius 2 is 1.83 bits per heavy atom. The molecule has 0 saturated heterocycles. The van der Waals surface area contributed by atoms with Gasteiger partial charge >= 0.3 is 6.16 Å². The molecule has 0 bridgehead atoms. The van der Waals surface area contributed by atoms with Crippen molar-refractivity contribution in [2.24, 2.45) is 0 Å². The highest BCUT2D eigenvalue weighted by Crippen LogP contribution is 2.37. The number of benzene rings is 2. The van der Waals surface area contributed by atoms with Gasteiger partial charge in [0.15, 0.2) is 5.75 Å². The Kier molecular flexibility index (Phi) is 3.76. The standard InChI is InChI=1S/C18H15NO4/c1-2-5-16-17(23-18(21)22)14-6-3-4-7-15(14)19(16)12-8-10-13(20)11-9-12/h2-11,20H,1H3,(H,21,22)/b5-2-. The number of ether oxygens (including phenoxy) is 1. The molecule has 5 nitrogen and oxygen atoms in total. The summed E-state index contributed by atoms with van der Waals surface area (Å²) >= 11 is 0. The summed E-state index contributed by atoms with van der Waals surface area (Å²) in [7, 11) is 0. The predicted octanol–water partition coefficient (Wildman–Crippen LogP) is 4.43. The third kappa shape index (κ3) is 2.64. The van der Waals surface area contributed by atoms with Gasteiger partial charge in [-0.05, 0) is 49.4 Å². The highest BCUT2D eigenvalue weighted by molar-refractivity contribution is 5.94. The van der Waals surface area contributed by atoms with Crippen LogP contribution < -0.4 is 4.74 Å². The van der Waals surface area contributed by atoms with E-state index >= 15 is 0 Å². The van der Waals surface area contributed by atoms with Crippen molar-refractivity contribution in [1.29, 1.82) is 0 Å². The van der Waals surface area contributed by atoms with Gasteiger partial charge in [0.25, 0.3) is 0 Å². The van der Waals surface area contributed by atoms with Crippen LogP contribution in [0.15, 0.2) is 54.6 Å². The molecule has 1 heterocycles. The van der Waals surface area contributed by atoms with Gasteiger partial charge in [-0.3, -0.25) is 0 Å². The lowest BCUT2D eigenvalue weighted by Gasteiger charge is -2.09. The number of fused-ring (bicyclic) bond motifs is 1. The van der Waals surface area contributed by atoms with Crippen molar-refractivity contribution in [3.05, 3.63) is 60.3 Å². The zero-order chi connectivity index (χ0) is 16.4. The summed E-state index contributed by atoms with van der Waals surface area (Å²) < 4.78 is 6.93. The molecule has 0 amide bonds. The fourth-order valence-electron chi connectivity index (χ4n) is 2.61. The van der Waals surface area contributed by atoms with Crippen molar-refractivity contribution >= 4 is 23.1 Å². The smallest absolute Gasteiger partial charge is 0.508 e. The minimum Gasteiger partial charge on any atom is -0.508 e. The van der Waals surface area contributed by atoms with Crippen LogP contribution in [0.3, 0.4) is 0 Å². The number of hydrogen-bond acceptors (Lipinski definition) is 3. The van der Waals surface area contributed by atoms with E-state index in [2.05, 4.69) is 0 Å². The number of nitrogens with zero attached hydrogens (tertiary/aromatic N) is 1. The molecule has 0 spiro atoms. The van der Waals surface area contributed by atoms with Crippen molar-refractivity contribution in [2.45, 2.75) is 6.92 Å². The van der Waals surface area contributed by atoms with Crippen LogP contribution in [-0.2, 0) is 0 Å². The molecular weight excluding hydrogens is 294 g/mol. The fourth-order valence-corrected chi connectivity index (χ4v) is 2.61. The van der Waals surface area contributed by atoms with Crippen LogP contribution in [0.4, 0.5) is 4.79 Å². The Bertz CT molecular complexity index is 891. The first-order valence-corrected chi connectivity index (χ1v) is 7.08. The van der Waals surface area contributed by atoms with Gasteiger partial charge in [0.1, 0.15) is 5.75 Å². The third-order valence-corrected chi connectivity index (χ3v) is 3.48. The van der Waals surface area contributed by atoms with E-state index in [4.69, 9.17) is 9.84 Å². The quantitative estimate of drug-likeness (QED) is 0.702. The topological polar surface area (TPSA) is 71.7 Å². The second-order valence-electron chi connectivity index (χ2n) is 4.95. The monoisotopic (exact) mass is 309 g/mol. The molecule has 0 aliphatic carbocycles. The van der Waals surface area contributed by atoms with Crippen LogP contribution in [0.2, 0.25) is 0 Å². The van der Waals surface area contributed by atoms with Gasteiger partial charge in [0.05, 0.1) is 11.2 Å². The molecule has 5 heteroatoms. The summed E-state index contributed by atoms with van der Waals surface area (Å²) in [4.78, 5) is 11.1. The average molecular weight is 309 g/mol. The predicted molar refractivity (Wildman–Crippen MR) is 88.3 cm³/mol. The molecule has 0 atom stereocenters. The largest absolute Gasteiger partial charge is 0.511 e. The zero-order valence-corrected chi connectivity index (χ0v) is 12.4. The second-order valence-corrected chi connectivity index (χ2v) is 4.95. The number of phenolic OH excluding ortho intramolecular Hbond substituents is 1. The van der Waals surface area contributed by atoms with E-state index in [9.17, 15) is 9.90 Å². The van der Waals surface area contributed by atoms with E-state index in [-0.39, 0.29) is 5.75 Å². The van der Waals surface area contributed by atoms with Crippen molar-refractivity contribution < 1.29 is 19.7 Å². The number of rotatable bonds is 3. The first-order valence-electron chi connectivity index (χ1n) is 7.08. The number of allylic oxidation sites excluding steroid dienone is 1. The van der Waals surface area contributed by atoms with Crippen LogP contribution in [0.1, 0.15) is 12.6 Å². The van der Waals surface area contributed by atoms with E-state index in [1.807, 2.05) is 41.8 Å². The Morgan fingerprint density at radius 3 is 2.48 bits per heavy atom. The van der Waals surface area contributed by atoms with Crippen molar-refractivity contribution in [3.8, 4) is 17.2 Å². The number of aromatic hydroxyl groups is 1. The van der Waals surface area contributed by atoms with Gasteiger partial charge in [0, 0.05) is 11.1 Å². The second kappa shape index (κ2) is 5.88. The summed E-state index contributed by atoms with van der Waals surface area (Å²) in [5.41, 5.74) is 2.25. The molecule has 0 aliphatic rings. The van der Waals surface area contributed by atoms with E-state index in [0.29, 0.717) is 16.8 Å². The Morgan fingerprint density at radius 1 is 1.13 bits per heavy atom. The number of para-hydroxylation sites is 1. The molecule has 2 N–H and O–H groups in total.